The van der Waals surface area contributed by atoms with E-state index in [2.05, 4.69) is 10.3 Å². The topological polar surface area (TPSA) is 82.5 Å². The quantitative estimate of drug-likeness (QED) is 0.753. The van der Waals surface area contributed by atoms with Gasteiger partial charge in [-0.1, -0.05) is 18.2 Å². The van der Waals surface area contributed by atoms with E-state index in [-0.39, 0.29) is 24.8 Å². The molecule has 7 nitrogen and oxygen atoms in total. The molecule has 1 N–H and O–H groups in total. The number of hydrogen-bond donors (Lipinski definition) is 1. The molecule has 0 atom stereocenters. The second kappa shape index (κ2) is 6.67. The third-order valence-corrected chi connectivity index (χ3v) is 4.90. The molecule has 1 aliphatic rings. The lowest BCUT2D eigenvalue weighted by Gasteiger charge is -2.27. The highest BCUT2D eigenvalue weighted by molar-refractivity contribution is 5.79. The Hall–Kier alpha value is -3.35. The molecule has 28 heavy (non-hydrogen) atoms. The lowest BCUT2D eigenvalue weighted by molar-refractivity contribution is -0.123. The summed E-state index contributed by atoms with van der Waals surface area (Å²) in [6, 6.07) is 12.7. The average molecular weight is 379 g/mol. The molecule has 0 unspecified atom stereocenters. The second-order valence-corrected chi connectivity index (χ2v) is 7.31. The van der Waals surface area contributed by atoms with Crippen LogP contribution < -0.4 is 20.3 Å². The van der Waals surface area contributed by atoms with Crippen LogP contribution in [0.3, 0.4) is 0 Å². The third kappa shape index (κ3) is 3.19. The number of ether oxygens (including phenoxy) is 2. The number of carbonyl (C=O) groups is 1. The Morgan fingerprint density at radius 2 is 1.93 bits per heavy atom. The number of amides is 1. The van der Waals surface area contributed by atoms with Gasteiger partial charge in [0.05, 0.1) is 16.4 Å². The Labute approximate surface area is 161 Å². The predicted molar refractivity (Wildman–Crippen MR) is 104 cm³/mol. The van der Waals surface area contributed by atoms with Crippen LogP contribution in [0, 0.1) is 6.92 Å². The summed E-state index contributed by atoms with van der Waals surface area (Å²) in [4.78, 5) is 29.9. The van der Waals surface area contributed by atoms with Crippen molar-refractivity contribution in [2.45, 2.75) is 32.9 Å². The summed E-state index contributed by atoms with van der Waals surface area (Å²) in [6.07, 6.45) is 0. The van der Waals surface area contributed by atoms with Crippen molar-refractivity contribution in [1.29, 1.82) is 0 Å². The Morgan fingerprint density at radius 1 is 1.18 bits per heavy atom. The molecule has 4 rings (SSSR count). The van der Waals surface area contributed by atoms with E-state index in [1.807, 2.05) is 38.1 Å². The van der Waals surface area contributed by atoms with Gasteiger partial charge in [0.1, 0.15) is 12.4 Å². The average Bonchev–Trinajstić information content (AvgIpc) is 3.12. The van der Waals surface area contributed by atoms with E-state index >= 15 is 0 Å². The number of aromatic nitrogens is 2. The van der Waals surface area contributed by atoms with Gasteiger partial charge in [-0.2, -0.15) is 0 Å². The molecule has 0 saturated heterocycles. The number of nitrogens with zero attached hydrogens (tertiary/aromatic N) is 2. The Balaban J connectivity index is 1.57. The molecule has 1 amide bonds. The minimum absolute atomic E-state index is 0.101. The fourth-order valence-electron chi connectivity index (χ4n) is 3.35. The molecule has 0 aliphatic carbocycles. The van der Waals surface area contributed by atoms with Gasteiger partial charge in [0.25, 0.3) is 5.56 Å². The number of fused-ring (bicyclic) bond motifs is 2. The van der Waals surface area contributed by atoms with Crippen molar-refractivity contribution in [2.75, 3.05) is 6.79 Å². The van der Waals surface area contributed by atoms with Crippen molar-refractivity contribution >= 4 is 16.8 Å². The van der Waals surface area contributed by atoms with E-state index in [4.69, 9.17) is 9.47 Å². The summed E-state index contributed by atoms with van der Waals surface area (Å²) in [5, 5.41) is 3.49. The van der Waals surface area contributed by atoms with Gasteiger partial charge in [0.2, 0.25) is 12.7 Å². The monoisotopic (exact) mass is 379 g/mol. The largest absolute Gasteiger partial charge is 0.454 e. The van der Waals surface area contributed by atoms with E-state index < -0.39 is 5.54 Å². The zero-order valence-corrected chi connectivity index (χ0v) is 16.0. The molecule has 2 heterocycles. The van der Waals surface area contributed by atoms with Gasteiger partial charge in [-0.3, -0.25) is 14.2 Å². The SMILES string of the molecule is Cc1nc2ccccc2c(=O)n1CC(=O)NC(C)(C)c1ccc2c(c1)OCO2. The molecule has 0 bridgehead atoms. The Kier molecular flexibility index (Phi) is 4.30. The van der Waals surface area contributed by atoms with Gasteiger partial charge in [-0.25, -0.2) is 4.98 Å². The highest BCUT2D eigenvalue weighted by Gasteiger charge is 2.26. The standard InChI is InChI=1S/C21H21N3O4/c1-13-22-16-7-5-4-6-15(16)20(26)24(13)11-19(25)23-21(2,3)14-8-9-17-18(10-14)28-12-27-17/h4-10H,11-12H2,1-3H3,(H,23,25). The number of nitrogens with one attached hydrogen (secondary N) is 1. The van der Waals surface area contributed by atoms with Crippen LogP contribution in [0.1, 0.15) is 25.2 Å². The number of hydrogen-bond acceptors (Lipinski definition) is 5. The van der Waals surface area contributed by atoms with Gasteiger partial charge in [0.15, 0.2) is 11.5 Å². The Bertz CT molecular complexity index is 1130. The van der Waals surface area contributed by atoms with Gasteiger partial charge < -0.3 is 14.8 Å². The minimum atomic E-state index is -0.653. The lowest BCUT2D eigenvalue weighted by Crippen LogP contribution is -2.44. The van der Waals surface area contributed by atoms with Crippen molar-refractivity contribution < 1.29 is 14.3 Å². The number of benzene rings is 2. The summed E-state index contributed by atoms with van der Waals surface area (Å²) >= 11 is 0. The van der Waals surface area contributed by atoms with Gasteiger partial charge in [0, 0.05) is 0 Å². The van der Waals surface area contributed by atoms with Crippen LogP contribution in [0.4, 0.5) is 0 Å². The second-order valence-electron chi connectivity index (χ2n) is 7.31. The van der Waals surface area contributed by atoms with Crippen molar-refractivity contribution in [3.05, 3.63) is 64.2 Å². The molecule has 0 saturated carbocycles. The zero-order chi connectivity index (χ0) is 19.9. The molecule has 1 aromatic heterocycles. The van der Waals surface area contributed by atoms with E-state index in [1.165, 1.54) is 4.57 Å². The molecule has 0 fully saturated rings. The van der Waals surface area contributed by atoms with Crippen molar-refractivity contribution in [2.24, 2.45) is 0 Å². The van der Waals surface area contributed by atoms with Crippen molar-refractivity contribution in [3.63, 3.8) is 0 Å². The maximum Gasteiger partial charge on any atom is 0.261 e. The summed E-state index contributed by atoms with van der Waals surface area (Å²) in [7, 11) is 0. The fourth-order valence-corrected chi connectivity index (χ4v) is 3.35. The molecular formula is C21H21N3O4. The smallest absolute Gasteiger partial charge is 0.261 e. The molecule has 2 aromatic carbocycles. The molecule has 144 valence electrons. The number of aryl methyl sites for hydroxylation is 1. The summed E-state index contributed by atoms with van der Waals surface area (Å²) in [6.45, 7) is 5.62. The first-order chi connectivity index (χ1) is 13.3. The van der Waals surface area contributed by atoms with Crippen LogP contribution in [0.2, 0.25) is 0 Å². The van der Waals surface area contributed by atoms with E-state index in [0.29, 0.717) is 28.2 Å². The molecule has 3 aromatic rings. The van der Waals surface area contributed by atoms with E-state index in [0.717, 1.165) is 5.56 Å². The van der Waals surface area contributed by atoms with E-state index in [1.54, 1.807) is 25.1 Å². The highest BCUT2D eigenvalue weighted by atomic mass is 16.7. The van der Waals surface area contributed by atoms with Crippen LogP contribution in [-0.2, 0) is 16.9 Å². The first kappa shape index (κ1) is 18.0. The minimum Gasteiger partial charge on any atom is -0.454 e. The van der Waals surface area contributed by atoms with Gasteiger partial charge in [-0.05, 0) is 50.6 Å². The summed E-state index contributed by atoms with van der Waals surface area (Å²) in [5.74, 6) is 1.57. The predicted octanol–water partition coefficient (Wildman–Crippen LogP) is 2.49. The fraction of sp³-hybridized carbons (Fsp3) is 0.286. The van der Waals surface area contributed by atoms with Crippen LogP contribution in [0.5, 0.6) is 11.5 Å². The highest BCUT2D eigenvalue weighted by Crippen LogP contribution is 2.35. The normalized spacial score (nSPS) is 13.0. The molecule has 7 heteroatoms. The van der Waals surface area contributed by atoms with Crippen LogP contribution in [0.25, 0.3) is 10.9 Å². The van der Waals surface area contributed by atoms with Gasteiger partial charge >= 0.3 is 0 Å². The van der Waals surface area contributed by atoms with Crippen LogP contribution >= 0.6 is 0 Å². The molecule has 0 spiro atoms. The molecule has 0 radical (unpaired) electrons. The first-order valence-electron chi connectivity index (χ1n) is 9.02. The zero-order valence-electron chi connectivity index (χ0n) is 16.0. The third-order valence-electron chi connectivity index (χ3n) is 4.90. The van der Waals surface area contributed by atoms with Crippen LogP contribution in [0.15, 0.2) is 47.3 Å². The van der Waals surface area contributed by atoms with Gasteiger partial charge in [-0.15, -0.1) is 0 Å². The molecular weight excluding hydrogens is 358 g/mol. The maximum absolute atomic E-state index is 12.8. The van der Waals surface area contributed by atoms with Crippen LogP contribution in [-0.4, -0.2) is 22.3 Å². The van der Waals surface area contributed by atoms with E-state index in [9.17, 15) is 9.59 Å². The number of carbonyl (C=O) groups excluding carboxylic acids is 1. The summed E-state index contributed by atoms with van der Waals surface area (Å²) in [5.41, 5.74) is 0.632. The van der Waals surface area contributed by atoms with Crippen molar-refractivity contribution in [3.8, 4) is 11.5 Å². The summed E-state index contributed by atoms with van der Waals surface area (Å²) < 4.78 is 12.1. The first-order valence-corrected chi connectivity index (χ1v) is 9.02. The maximum atomic E-state index is 12.8. The Morgan fingerprint density at radius 3 is 2.75 bits per heavy atom. The van der Waals surface area contributed by atoms with Crippen molar-refractivity contribution in [1.82, 2.24) is 14.9 Å². The molecule has 1 aliphatic heterocycles. The lowest BCUT2D eigenvalue weighted by atomic mass is 9.94. The number of para-hydroxylation sites is 1. The number of rotatable bonds is 4.